The number of halogens is 1. The molecule has 0 aromatic heterocycles. The summed E-state index contributed by atoms with van der Waals surface area (Å²) < 4.78 is 29.6. The molecule has 30 heavy (non-hydrogen) atoms. The molecule has 0 amide bonds. The Hall–Kier alpha value is -2.42. The second-order valence-electron chi connectivity index (χ2n) is 7.01. The normalized spacial score (nSPS) is 11.1. The first-order valence-corrected chi connectivity index (χ1v) is 11.9. The lowest BCUT2D eigenvalue weighted by atomic mass is 10.1. The van der Waals surface area contributed by atoms with Gasteiger partial charge < -0.3 is 10.6 Å². The molecular formula is C22H22BrN3O2S2. The van der Waals surface area contributed by atoms with Gasteiger partial charge in [-0.25, -0.2) is 8.42 Å². The zero-order valence-electron chi connectivity index (χ0n) is 16.8. The van der Waals surface area contributed by atoms with Crippen LogP contribution >= 0.6 is 28.1 Å². The van der Waals surface area contributed by atoms with Crippen LogP contribution in [0.1, 0.15) is 16.7 Å². The first-order chi connectivity index (χ1) is 14.1. The van der Waals surface area contributed by atoms with Crippen LogP contribution in [0.3, 0.4) is 0 Å². The number of anilines is 3. The quantitative estimate of drug-likeness (QED) is 0.373. The summed E-state index contributed by atoms with van der Waals surface area (Å²) >= 11 is 8.78. The van der Waals surface area contributed by atoms with Crippen LogP contribution in [0, 0.1) is 20.8 Å². The summed E-state index contributed by atoms with van der Waals surface area (Å²) in [5, 5.41) is 6.49. The van der Waals surface area contributed by atoms with Gasteiger partial charge in [0.2, 0.25) is 0 Å². The summed E-state index contributed by atoms with van der Waals surface area (Å²) in [7, 11) is -3.83. The van der Waals surface area contributed by atoms with Crippen LogP contribution in [0.15, 0.2) is 70.0 Å². The van der Waals surface area contributed by atoms with Crippen LogP contribution in [-0.4, -0.2) is 13.5 Å². The zero-order valence-corrected chi connectivity index (χ0v) is 20.0. The minimum absolute atomic E-state index is 0.121. The van der Waals surface area contributed by atoms with E-state index in [9.17, 15) is 8.42 Å². The van der Waals surface area contributed by atoms with E-state index < -0.39 is 10.0 Å². The monoisotopic (exact) mass is 503 g/mol. The van der Waals surface area contributed by atoms with Crippen molar-refractivity contribution in [2.24, 2.45) is 0 Å². The highest BCUT2D eigenvalue weighted by Gasteiger charge is 2.20. The fourth-order valence-corrected chi connectivity index (χ4v) is 4.62. The summed E-state index contributed by atoms with van der Waals surface area (Å²) in [5.41, 5.74) is 4.71. The van der Waals surface area contributed by atoms with Gasteiger partial charge in [0, 0.05) is 15.8 Å². The van der Waals surface area contributed by atoms with E-state index in [4.69, 9.17) is 12.2 Å². The van der Waals surface area contributed by atoms with Gasteiger partial charge in [-0.1, -0.05) is 34.1 Å². The van der Waals surface area contributed by atoms with Crippen molar-refractivity contribution < 1.29 is 8.42 Å². The van der Waals surface area contributed by atoms with Crippen molar-refractivity contribution in [3.05, 3.63) is 81.8 Å². The van der Waals surface area contributed by atoms with Gasteiger partial charge in [0.15, 0.2) is 5.11 Å². The summed E-state index contributed by atoms with van der Waals surface area (Å²) in [4.78, 5) is 0.121. The van der Waals surface area contributed by atoms with E-state index >= 15 is 0 Å². The van der Waals surface area contributed by atoms with Gasteiger partial charge in [-0.05, 0) is 92.1 Å². The molecule has 0 aliphatic heterocycles. The molecule has 0 saturated carbocycles. The minimum Gasteiger partial charge on any atom is -0.332 e. The molecule has 3 aromatic rings. The van der Waals surface area contributed by atoms with E-state index in [-0.39, 0.29) is 4.90 Å². The molecule has 3 rings (SSSR count). The predicted octanol–water partition coefficient (Wildman–Crippen LogP) is 5.98. The number of sulfonamides is 1. The first-order valence-electron chi connectivity index (χ1n) is 9.18. The van der Waals surface area contributed by atoms with Gasteiger partial charge in [-0.15, -0.1) is 0 Å². The fourth-order valence-electron chi connectivity index (χ4n) is 2.83. The number of aryl methyl sites for hydroxylation is 3. The highest BCUT2D eigenvalue weighted by molar-refractivity contribution is 9.10. The Morgan fingerprint density at radius 1 is 0.833 bits per heavy atom. The third kappa shape index (κ3) is 5.59. The largest absolute Gasteiger partial charge is 0.332 e. The number of benzene rings is 3. The Balaban J connectivity index is 1.86. The lowest BCUT2D eigenvalue weighted by molar-refractivity contribution is 0.601. The molecule has 0 unspecified atom stereocenters. The number of rotatable bonds is 5. The maximum absolute atomic E-state index is 13.1. The van der Waals surface area contributed by atoms with Crippen LogP contribution in [0.25, 0.3) is 0 Å². The molecule has 0 bridgehead atoms. The highest BCUT2D eigenvalue weighted by Crippen LogP contribution is 2.26. The Bertz CT molecular complexity index is 1190. The number of hydrogen-bond donors (Lipinski definition) is 3. The van der Waals surface area contributed by atoms with Crippen molar-refractivity contribution in [1.82, 2.24) is 0 Å². The van der Waals surface area contributed by atoms with Crippen LogP contribution in [-0.2, 0) is 10.0 Å². The summed E-state index contributed by atoms with van der Waals surface area (Å²) in [6, 6.07) is 18.1. The Kier molecular flexibility index (Phi) is 6.80. The van der Waals surface area contributed by atoms with Gasteiger partial charge in [0.1, 0.15) is 4.90 Å². The summed E-state index contributed by atoms with van der Waals surface area (Å²) in [6.45, 7) is 5.82. The van der Waals surface area contributed by atoms with Gasteiger partial charge in [0.25, 0.3) is 10.0 Å². The maximum atomic E-state index is 13.1. The summed E-state index contributed by atoms with van der Waals surface area (Å²) in [5.74, 6) is 0. The molecule has 0 aliphatic rings. The molecule has 0 radical (unpaired) electrons. The Morgan fingerprint density at radius 3 is 2.13 bits per heavy atom. The molecule has 0 heterocycles. The standard InChI is InChI=1S/C22H22BrN3O2S2/c1-14-4-6-16(3)20(12-14)25-22(29)24-19-11-5-15(2)13-21(19)30(27,28)26-18-9-7-17(23)8-10-18/h4-13,26H,1-3H3,(H2,24,25,29). The predicted molar refractivity (Wildman–Crippen MR) is 132 cm³/mol. The van der Waals surface area contributed by atoms with Crippen LogP contribution in [0.4, 0.5) is 17.1 Å². The third-order valence-electron chi connectivity index (χ3n) is 4.41. The lowest BCUT2D eigenvalue weighted by Gasteiger charge is -2.17. The van der Waals surface area contributed by atoms with Crippen molar-refractivity contribution in [3.63, 3.8) is 0 Å². The molecular weight excluding hydrogens is 482 g/mol. The third-order valence-corrected chi connectivity index (χ3v) is 6.57. The molecule has 3 N–H and O–H groups in total. The van der Waals surface area contributed by atoms with Crippen molar-refractivity contribution >= 4 is 60.3 Å². The van der Waals surface area contributed by atoms with Crippen LogP contribution in [0.2, 0.25) is 0 Å². The SMILES string of the molecule is Cc1ccc(C)c(NC(=S)Nc2ccc(C)cc2S(=O)(=O)Nc2ccc(Br)cc2)c1. The molecule has 0 spiro atoms. The molecule has 156 valence electrons. The number of hydrogen-bond acceptors (Lipinski definition) is 3. The minimum atomic E-state index is -3.83. The molecule has 0 atom stereocenters. The first kappa shape index (κ1) is 22.3. The van der Waals surface area contributed by atoms with Gasteiger partial charge in [-0.3, -0.25) is 4.72 Å². The van der Waals surface area contributed by atoms with Gasteiger partial charge >= 0.3 is 0 Å². The average Bonchev–Trinajstić information content (AvgIpc) is 2.67. The van der Waals surface area contributed by atoms with E-state index in [1.54, 1.807) is 36.4 Å². The van der Waals surface area contributed by atoms with E-state index in [2.05, 4.69) is 31.3 Å². The topological polar surface area (TPSA) is 70.2 Å². The van der Waals surface area contributed by atoms with E-state index in [0.717, 1.165) is 26.9 Å². The smallest absolute Gasteiger partial charge is 0.263 e. The van der Waals surface area contributed by atoms with Crippen molar-refractivity contribution in [2.75, 3.05) is 15.4 Å². The lowest BCUT2D eigenvalue weighted by Crippen LogP contribution is -2.22. The fraction of sp³-hybridized carbons (Fsp3) is 0.136. The molecule has 0 fully saturated rings. The second kappa shape index (κ2) is 9.16. The molecule has 8 heteroatoms. The van der Waals surface area contributed by atoms with Crippen molar-refractivity contribution in [1.29, 1.82) is 0 Å². The van der Waals surface area contributed by atoms with Gasteiger partial charge in [-0.2, -0.15) is 0 Å². The van der Waals surface area contributed by atoms with E-state index in [1.807, 2.05) is 45.0 Å². The van der Waals surface area contributed by atoms with Crippen molar-refractivity contribution in [2.45, 2.75) is 25.7 Å². The number of nitrogens with one attached hydrogen (secondary N) is 3. The zero-order chi connectivity index (χ0) is 21.9. The molecule has 5 nitrogen and oxygen atoms in total. The molecule has 0 saturated heterocycles. The molecule has 0 aliphatic carbocycles. The second-order valence-corrected chi connectivity index (χ2v) is 9.98. The Morgan fingerprint density at radius 2 is 1.43 bits per heavy atom. The van der Waals surface area contributed by atoms with Crippen molar-refractivity contribution in [3.8, 4) is 0 Å². The highest BCUT2D eigenvalue weighted by atomic mass is 79.9. The number of thiocarbonyl (C=S) groups is 1. The van der Waals surface area contributed by atoms with E-state index in [1.165, 1.54) is 0 Å². The van der Waals surface area contributed by atoms with E-state index in [0.29, 0.717) is 16.5 Å². The average molecular weight is 504 g/mol. The van der Waals surface area contributed by atoms with Gasteiger partial charge in [0.05, 0.1) is 5.69 Å². The summed E-state index contributed by atoms with van der Waals surface area (Å²) in [6.07, 6.45) is 0. The molecule has 3 aromatic carbocycles. The van der Waals surface area contributed by atoms with Crippen LogP contribution < -0.4 is 15.4 Å². The van der Waals surface area contributed by atoms with Crippen LogP contribution in [0.5, 0.6) is 0 Å². The Labute approximate surface area is 191 Å². The maximum Gasteiger partial charge on any atom is 0.263 e.